The number of amides is 1. The number of aliphatic hydroxyl groups excluding tert-OH is 1. The first-order chi connectivity index (χ1) is 21.0. The molecule has 2 aromatic heterocycles. The lowest BCUT2D eigenvalue weighted by Crippen LogP contribution is -2.47. The summed E-state index contributed by atoms with van der Waals surface area (Å²) < 4.78 is 12.1. The van der Waals surface area contributed by atoms with Gasteiger partial charge in [-0.3, -0.25) is 0 Å². The van der Waals surface area contributed by atoms with Gasteiger partial charge in [0.15, 0.2) is 0 Å². The van der Waals surface area contributed by atoms with Crippen molar-refractivity contribution in [2.24, 2.45) is 0 Å². The number of piperidine rings is 1. The SMILES string of the molecule is Cc1ccc2c(NC(C)C(C)O)cccc2c1Oc1ncccc1-c1ccnc(N[C@H]2CCCN(C(=O)OC(C)(C)C)C2)n1. The van der Waals surface area contributed by atoms with E-state index >= 15 is 0 Å². The Balaban J connectivity index is 1.39. The number of anilines is 2. The molecular formula is C34H42N6O4. The van der Waals surface area contributed by atoms with Crippen molar-refractivity contribution in [2.45, 2.75) is 78.2 Å². The van der Waals surface area contributed by atoms with Crippen LogP contribution in [0.1, 0.15) is 53.0 Å². The predicted octanol–water partition coefficient (Wildman–Crippen LogP) is 6.79. The molecule has 3 heterocycles. The van der Waals surface area contributed by atoms with Crippen molar-refractivity contribution in [3.63, 3.8) is 0 Å². The van der Waals surface area contributed by atoms with Gasteiger partial charge in [-0.25, -0.2) is 19.7 Å². The van der Waals surface area contributed by atoms with Gasteiger partial charge in [-0.15, -0.1) is 0 Å². The number of ether oxygens (including phenoxy) is 2. The maximum atomic E-state index is 12.6. The lowest BCUT2D eigenvalue weighted by Gasteiger charge is -2.34. The number of aromatic nitrogens is 3. The number of aliphatic hydroxyl groups is 1. The van der Waals surface area contributed by atoms with Crippen LogP contribution in [0.5, 0.6) is 11.6 Å². The van der Waals surface area contributed by atoms with Gasteiger partial charge in [0.25, 0.3) is 0 Å². The van der Waals surface area contributed by atoms with E-state index in [-0.39, 0.29) is 18.2 Å². The number of pyridine rings is 1. The Hall–Kier alpha value is -4.44. The molecule has 0 aliphatic carbocycles. The van der Waals surface area contributed by atoms with Crippen LogP contribution in [0, 0.1) is 6.92 Å². The highest BCUT2D eigenvalue weighted by atomic mass is 16.6. The lowest BCUT2D eigenvalue weighted by atomic mass is 10.0. The van der Waals surface area contributed by atoms with E-state index in [1.165, 1.54) is 0 Å². The van der Waals surface area contributed by atoms with Crippen LogP contribution in [0.4, 0.5) is 16.4 Å². The number of carbonyl (C=O) groups excluding carboxylic acids is 1. The van der Waals surface area contributed by atoms with E-state index in [0.717, 1.165) is 40.4 Å². The number of aryl methyl sites for hydroxylation is 1. The fraction of sp³-hybridized carbons (Fsp3) is 0.412. The van der Waals surface area contributed by atoms with Crippen LogP contribution >= 0.6 is 0 Å². The molecule has 3 atom stereocenters. The Morgan fingerprint density at radius 2 is 1.86 bits per heavy atom. The number of nitrogens with one attached hydrogen (secondary N) is 2. The molecule has 2 unspecified atom stereocenters. The third kappa shape index (κ3) is 7.37. The quantitative estimate of drug-likeness (QED) is 0.201. The van der Waals surface area contributed by atoms with Crippen molar-refractivity contribution >= 4 is 28.5 Å². The standard InChI is InChI=1S/C34H42N6O4/c1-21-14-15-25-26(11-7-13-28(25)37-22(2)23(3)41)30(21)43-31-27(12-8-17-35-31)29-16-18-36-32(39-29)38-24-10-9-19-40(20-24)33(42)44-34(4,5)6/h7-8,11-18,22-24,37,41H,9-10,19-20H2,1-6H3,(H,36,38,39)/t22?,23?,24-/m0/s1. The molecule has 1 amide bonds. The number of rotatable bonds is 8. The van der Waals surface area contributed by atoms with Crippen molar-refractivity contribution in [3.8, 4) is 22.9 Å². The molecule has 232 valence electrons. The third-order valence-corrected chi connectivity index (χ3v) is 7.62. The summed E-state index contributed by atoms with van der Waals surface area (Å²) in [5, 5.41) is 18.8. The summed E-state index contributed by atoms with van der Waals surface area (Å²) in [6.45, 7) is 12.5. The highest BCUT2D eigenvalue weighted by Gasteiger charge is 2.28. The summed E-state index contributed by atoms with van der Waals surface area (Å²) in [6.07, 6.45) is 4.35. The average molecular weight is 599 g/mol. The minimum absolute atomic E-state index is 0.00573. The first kappa shape index (κ1) is 31.0. The first-order valence-electron chi connectivity index (χ1n) is 15.2. The van der Waals surface area contributed by atoms with E-state index < -0.39 is 11.7 Å². The number of benzene rings is 2. The van der Waals surface area contributed by atoms with Crippen LogP contribution in [-0.4, -0.2) is 67.9 Å². The van der Waals surface area contributed by atoms with Crippen LogP contribution in [-0.2, 0) is 4.74 Å². The Bertz CT molecular complexity index is 1620. The van der Waals surface area contributed by atoms with Gasteiger partial charge < -0.3 is 30.1 Å². The van der Waals surface area contributed by atoms with Crippen LogP contribution in [0.2, 0.25) is 0 Å². The van der Waals surface area contributed by atoms with E-state index in [1.54, 1.807) is 24.2 Å². The molecule has 0 saturated carbocycles. The second kappa shape index (κ2) is 13.1. The summed E-state index contributed by atoms with van der Waals surface area (Å²) >= 11 is 0. The predicted molar refractivity (Wildman–Crippen MR) is 173 cm³/mol. The Kier molecular flexibility index (Phi) is 9.20. The van der Waals surface area contributed by atoms with Gasteiger partial charge in [0, 0.05) is 54.0 Å². The molecule has 1 saturated heterocycles. The number of fused-ring (bicyclic) bond motifs is 1. The molecule has 2 aromatic carbocycles. The number of likely N-dealkylation sites (tertiary alicyclic amines) is 1. The van der Waals surface area contributed by atoms with E-state index in [0.29, 0.717) is 36.4 Å². The monoisotopic (exact) mass is 598 g/mol. The smallest absolute Gasteiger partial charge is 0.410 e. The van der Waals surface area contributed by atoms with Crippen molar-refractivity contribution in [3.05, 3.63) is 66.5 Å². The minimum atomic E-state index is -0.542. The molecule has 0 radical (unpaired) electrons. The topological polar surface area (TPSA) is 122 Å². The van der Waals surface area contributed by atoms with Crippen LogP contribution in [0.3, 0.4) is 0 Å². The summed E-state index contributed by atoms with van der Waals surface area (Å²) in [6, 6.07) is 15.6. The molecule has 1 fully saturated rings. The van der Waals surface area contributed by atoms with E-state index in [9.17, 15) is 9.90 Å². The fourth-order valence-corrected chi connectivity index (χ4v) is 5.18. The second-order valence-electron chi connectivity index (χ2n) is 12.4. The maximum Gasteiger partial charge on any atom is 0.410 e. The summed E-state index contributed by atoms with van der Waals surface area (Å²) in [4.78, 5) is 28.2. The zero-order valence-corrected chi connectivity index (χ0v) is 26.3. The van der Waals surface area contributed by atoms with E-state index in [4.69, 9.17) is 14.5 Å². The van der Waals surface area contributed by atoms with Gasteiger partial charge in [0.2, 0.25) is 11.8 Å². The Labute approximate surface area is 258 Å². The fourth-order valence-electron chi connectivity index (χ4n) is 5.18. The van der Waals surface area contributed by atoms with Gasteiger partial charge in [0.05, 0.1) is 17.4 Å². The van der Waals surface area contributed by atoms with Gasteiger partial charge >= 0.3 is 6.09 Å². The molecule has 1 aliphatic heterocycles. The molecule has 1 aliphatic rings. The molecule has 0 spiro atoms. The highest BCUT2D eigenvalue weighted by Crippen LogP contribution is 2.38. The molecule has 44 heavy (non-hydrogen) atoms. The molecule has 5 rings (SSSR count). The van der Waals surface area contributed by atoms with E-state index in [2.05, 4.69) is 26.7 Å². The number of nitrogens with zero attached hydrogens (tertiary/aromatic N) is 4. The average Bonchev–Trinajstić information content (AvgIpc) is 2.98. The molecule has 10 nitrogen and oxygen atoms in total. The third-order valence-electron chi connectivity index (χ3n) is 7.62. The van der Waals surface area contributed by atoms with Crippen molar-refractivity contribution in [1.29, 1.82) is 0 Å². The van der Waals surface area contributed by atoms with E-state index in [1.807, 2.05) is 77.1 Å². The van der Waals surface area contributed by atoms with Gasteiger partial charge in [-0.2, -0.15) is 0 Å². The van der Waals surface area contributed by atoms with Gasteiger partial charge in [0.1, 0.15) is 11.4 Å². The molecule has 4 aromatic rings. The van der Waals surface area contributed by atoms with Gasteiger partial charge in [-0.05, 0) is 84.2 Å². The van der Waals surface area contributed by atoms with Crippen molar-refractivity contribution in [1.82, 2.24) is 19.9 Å². The number of hydrogen-bond acceptors (Lipinski definition) is 9. The Morgan fingerprint density at radius 1 is 1.05 bits per heavy atom. The molecule has 0 bridgehead atoms. The lowest BCUT2D eigenvalue weighted by molar-refractivity contribution is 0.0206. The molecular weight excluding hydrogens is 556 g/mol. The van der Waals surface area contributed by atoms with Crippen molar-refractivity contribution < 1.29 is 19.4 Å². The maximum absolute atomic E-state index is 12.6. The number of carbonyl (C=O) groups is 1. The summed E-state index contributed by atoms with van der Waals surface area (Å²) in [7, 11) is 0. The first-order valence-corrected chi connectivity index (χ1v) is 15.2. The normalized spacial score (nSPS) is 16.7. The second-order valence-corrected chi connectivity index (χ2v) is 12.4. The zero-order chi connectivity index (χ0) is 31.4. The minimum Gasteiger partial charge on any atom is -0.444 e. The van der Waals surface area contributed by atoms with Crippen molar-refractivity contribution in [2.75, 3.05) is 23.7 Å². The largest absolute Gasteiger partial charge is 0.444 e. The summed E-state index contributed by atoms with van der Waals surface area (Å²) in [5.41, 5.74) is 2.73. The van der Waals surface area contributed by atoms with Crippen LogP contribution in [0.15, 0.2) is 60.9 Å². The molecule has 3 N–H and O–H groups in total. The summed E-state index contributed by atoms with van der Waals surface area (Å²) in [5.74, 6) is 1.60. The molecule has 10 heteroatoms. The van der Waals surface area contributed by atoms with Gasteiger partial charge in [-0.1, -0.05) is 24.3 Å². The Morgan fingerprint density at radius 3 is 2.64 bits per heavy atom. The van der Waals surface area contributed by atoms with Crippen LogP contribution in [0.25, 0.3) is 22.0 Å². The van der Waals surface area contributed by atoms with Crippen LogP contribution < -0.4 is 15.4 Å². The zero-order valence-electron chi connectivity index (χ0n) is 26.3. The number of hydrogen-bond donors (Lipinski definition) is 3. The highest BCUT2D eigenvalue weighted by molar-refractivity contribution is 5.98.